The number of likely N-dealkylation sites (N-methyl/N-ethyl adjacent to an activating group) is 1. The number of hydrogen-bond donors (Lipinski definition) is 2. The molecule has 2 N–H and O–H groups in total. The number of rotatable bonds is 9. The molecule has 1 aromatic carbocycles. The van der Waals surface area contributed by atoms with Gasteiger partial charge in [0, 0.05) is 36.6 Å². The van der Waals surface area contributed by atoms with Crippen molar-refractivity contribution in [2.75, 3.05) is 50.1 Å². The molecule has 1 aromatic heterocycles. The molecule has 3 rings (SSSR count). The number of carbonyl (C=O) groups is 3. The minimum atomic E-state index is -2.89. The number of ether oxygens (including phenoxy) is 1. The highest BCUT2D eigenvalue weighted by molar-refractivity contribution is 7.18. The van der Waals surface area contributed by atoms with E-state index in [-0.39, 0.29) is 42.6 Å². The summed E-state index contributed by atoms with van der Waals surface area (Å²) in [5, 5.41) is 5.36. The van der Waals surface area contributed by atoms with Crippen molar-refractivity contribution in [2.45, 2.75) is 33.2 Å². The molecule has 1 atom stereocenters. The number of morpholine rings is 1. The second-order valence-electron chi connectivity index (χ2n) is 9.96. The average Bonchev–Trinajstić information content (AvgIpc) is 3.25. The monoisotopic (exact) mass is 556 g/mol. The van der Waals surface area contributed by atoms with Crippen LogP contribution in [0.2, 0.25) is 4.34 Å². The lowest BCUT2D eigenvalue weighted by atomic mass is 9.95. The van der Waals surface area contributed by atoms with Crippen LogP contribution in [0.25, 0.3) is 0 Å². The van der Waals surface area contributed by atoms with Crippen LogP contribution in [-0.4, -0.2) is 68.6 Å². The first-order chi connectivity index (χ1) is 17.4. The molecular weight excluding hydrogens is 526 g/mol. The van der Waals surface area contributed by atoms with Crippen LogP contribution in [0.3, 0.4) is 0 Å². The highest BCUT2D eigenvalue weighted by Gasteiger charge is 2.29. The first-order valence-corrected chi connectivity index (χ1v) is 12.9. The predicted molar refractivity (Wildman–Crippen MR) is 141 cm³/mol. The van der Waals surface area contributed by atoms with Crippen molar-refractivity contribution in [3.8, 4) is 0 Å². The highest BCUT2D eigenvalue weighted by atomic mass is 35.5. The van der Waals surface area contributed by atoms with Gasteiger partial charge in [0.25, 0.3) is 18.2 Å². The Balaban J connectivity index is 1.81. The normalized spacial score (nSPS) is 15.3. The number of alkyl halides is 2. The van der Waals surface area contributed by atoms with Gasteiger partial charge in [0.2, 0.25) is 5.91 Å². The fraction of sp³-hybridized carbons (Fsp3) is 0.480. The minimum absolute atomic E-state index is 0.0445. The van der Waals surface area contributed by atoms with Crippen molar-refractivity contribution in [2.24, 2.45) is 5.41 Å². The summed E-state index contributed by atoms with van der Waals surface area (Å²) >= 11 is 7.03. The fourth-order valence-corrected chi connectivity index (χ4v) is 5.00. The van der Waals surface area contributed by atoms with E-state index < -0.39 is 23.9 Å². The van der Waals surface area contributed by atoms with Gasteiger partial charge < -0.3 is 20.3 Å². The highest BCUT2D eigenvalue weighted by Crippen LogP contribution is 2.32. The van der Waals surface area contributed by atoms with Gasteiger partial charge in [-0.3, -0.25) is 19.3 Å². The van der Waals surface area contributed by atoms with Gasteiger partial charge in [-0.25, -0.2) is 8.78 Å². The Hall–Kier alpha value is -2.60. The Morgan fingerprint density at radius 3 is 2.57 bits per heavy atom. The molecule has 3 amide bonds. The summed E-state index contributed by atoms with van der Waals surface area (Å²) in [6.07, 6.45) is -2.89. The van der Waals surface area contributed by atoms with E-state index in [1.165, 1.54) is 23.1 Å². The summed E-state index contributed by atoms with van der Waals surface area (Å²) < 4.78 is 33.6. The van der Waals surface area contributed by atoms with E-state index in [9.17, 15) is 23.2 Å². The topological polar surface area (TPSA) is 91.0 Å². The summed E-state index contributed by atoms with van der Waals surface area (Å²) in [4.78, 5) is 41.6. The summed E-state index contributed by atoms with van der Waals surface area (Å²) in [5.41, 5.74) is -0.321. The number of carbonyl (C=O) groups excluding carboxylic acids is 3. The van der Waals surface area contributed by atoms with Gasteiger partial charge in [0.1, 0.15) is 12.6 Å². The maximum absolute atomic E-state index is 14.0. The third-order valence-corrected chi connectivity index (χ3v) is 6.87. The summed E-state index contributed by atoms with van der Waals surface area (Å²) in [5.74, 6) is -1.25. The zero-order chi connectivity index (χ0) is 27.3. The van der Waals surface area contributed by atoms with Crippen molar-refractivity contribution in [3.05, 3.63) is 45.1 Å². The molecule has 37 heavy (non-hydrogen) atoms. The second kappa shape index (κ2) is 12.3. The van der Waals surface area contributed by atoms with Gasteiger partial charge in [0.15, 0.2) is 0 Å². The Morgan fingerprint density at radius 2 is 1.97 bits per heavy atom. The zero-order valence-corrected chi connectivity index (χ0v) is 22.7. The van der Waals surface area contributed by atoms with E-state index in [4.69, 9.17) is 16.3 Å². The van der Waals surface area contributed by atoms with E-state index in [1.807, 2.05) is 20.8 Å². The van der Waals surface area contributed by atoms with E-state index in [2.05, 4.69) is 10.6 Å². The quantitative estimate of drug-likeness (QED) is 0.477. The van der Waals surface area contributed by atoms with Crippen molar-refractivity contribution in [1.82, 2.24) is 10.2 Å². The van der Waals surface area contributed by atoms with Gasteiger partial charge in [-0.1, -0.05) is 32.4 Å². The smallest absolute Gasteiger partial charge is 0.265 e. The lowest BCUT2D eigenvalue weighted by molar-refractivity contribution is -0.125. The second-order valence-corrected chi connectivity index (χ2v) is 11.7. The van der Waals surface area contributed by atoms with Crippen LogP contribution >= 0.6 is 22.9 Å². The number of nitrogens with one attached hydrogen (secondary N) is 2. The Kier molecular flexibility index (Phi) is 9.63. The minimum Gasteiger partial charge on any atom is -0.370 e. The van der Waals surface area contributed by atoms with E-state index in [0.29, 0.717) is 28.1 Å². The van der Waals surface area contributed by atoms with Gasteiger partial charge in [-0.05, 0) is 42.8 Å². The molecule has 0 spiro atoms. The Bertz CT molecular complexity index is 1140. The summed E-state index contributed by atoms with van der Waals surface area (Å²) in [6.45, 7) is 6.92. The van der Waals surface area contributed by atoms with Crippen LogP contribution in [0.15, 0.2) is 30.3 Å². The van der Waals surface area contributed by atoms with Gasteiger partial charge in [-0.2, -0.15) is 0 Å². The molecule has 0 radical (unpaired) electrons. The predicted octanol–water partition coefficient (Wildman–Crippen LogP) is 4.42. The Labute approximate surface area is 223 Å². The number of amides is 3. The maximum Gasteiger partial charge on any atom is 0.265 e. The molecule has 1 saturated heterocycles. The molecule has 1 fully saturated rings. The van der Waals surface area contributed by atoms with Crippen LogP contribution in [0.5, 0.6) is 0 Å². The Morgan fingerprint density at radius 1 is 1.24 bits per heavy atom. The SMILES string of the molecule is CN(CC(C)(C)C)[C@H](CNC(=O)c1ccc(Cl)s1)C(=O)Nc1ccc(N2CCOCC2=O)cc1C(F)F. The molecule has 2 heterocycles. The molecule has 0 bridgehead atoms. The van der Waals surface area contributed by atoms with E-state index in [1.54, 1.807) is 24.1 Å². The van der Waals surface area contributed by atoms with E-state index in [0.717, 1.165) is 11.3 Å². The third kappa shape index (κ3) is 7.94. The fourth-order valence-electron chi connectivity index (χ4n) is 4.04. The molecule has 202 valence electrons. The maximum atomic E-state index is 14.0. The number of hydrogen-bond acceptors (Lipinski definition) is 6. The van der Waals surface area contributed by atoms with Crippen LogP contribution in [0.4, 0.5) is 20.2 Å². The number of halogens is 3. The molecule has 0 aliphatic carbocycles. The number of anilines is 2. The molecule has 1 aliphatic rings. The summed E-state index contributed by atoms with van der Waals surface area (Å²) in [7, 11) is 1.74. The molecule has 12 heteroatoms. The average molecular weight is 557 g/mol. The first-order valence-electron chi connectivity index (χ1n) is 11.7. The van der Waals surface area contributed by atoms with Gasteiger partial charge in [-0.15, -0.1) is 11.3 Å². The third-order valence-electron chi connectivity index (χ3n) is 5.64. The number of thiophene rings is 1. The zero-order valence-electron chi connectivity index (χ0n) is 21.1. The lowest BCUT2D eigenvalue weighted by Crippen LogP contribution is -2.51. The molecule has 2 aromatic rings. The van der Waals surface area contributed by atoms with Crippen LogP contribution in [0, 0.1) is 5.41 Å². The molecule has 0 unspecified atom stereocenters. The van der Waals surface area contributed by atoms with Crippen LogP contribution in [0.1, 0.15) is 42.4 Å². The lowest BCUT2D eigenvalue weighted by Gasteiger charge is -2.33. The number of benzene rings is 1. The van der Waals surface area contributed by atoms with Crippen molar-refractivity contribution >= 4 is 52.0 Å². The molecule has 0 saturated carbocycles. The van der Waals surface area contributed by atoms with Crippen LogP contribution < -0.4 is 15.5 Å². The standard InChI is InChI=1S/C25H31ClF2N4O4S/c1-25(2,3)14-31(4)18(12-29-24(35)19-7-8-20(26)37-19)23(34)30-17-6-5-15(11-16(17)22(27)28)32-9-10-36-13-21(32)33/h5-8,11,18,22H,9-10,12-14H2,1-4H3,(H,29,35)(H,30,34)/t18-/m1/s1. The van der Waals surface area contributed by atoms with Crippen molar-refractivity contribution in [3.63, 3.8) is 0 Å². The number of nitrogens with zero attached hydrogens (tertiary/aromatic N) is 2. The van der Waals surface area contributed by atoms with E-state index >= 15 is 0 Å². The summed E-state index contributed by atoms with van der Waals surface area (Å²) in [6, 6.07) is 6.44. The van der Waals surface area contributed by atoms with Crippen molar-refractivity contribution < 1.29 is 27.9 Å². The largest absolute Gasteiger partial charge is 0.370 e. The van der Waals surface area contributed by atoms with Crippen LogP contribution in [-0.2, 0) is 14.3 Å². The first kappa shape index (κ1) is 29.0. The molecule has 1 aliphatic heterocycles. The molecular formula is C25H31ClF2N4O4S. The van der Waals surface area contributed by atoms with Gasteiger partial charge >= 0.3 is 0 Å². The van der Waals surface area contributed by atoms with Crippen molar-refractivity contribution in [1.29, 1.82) is 0 Å². The van der Waals surface area contributed by atoms with Gasteiger partial charge in [0.05, 0.1) is 15.8 Å². The molecule has 8 nitrogen and oxygen atoms in total.